The first-order valence-corrected chi connectivity index (χ1v) is 10.6. The van der Waals surface area contributed by atoms with Gasteiger partial charge in [0.2, 0.25) is 0 Å². The Morgan fingerprint density at radius 3 is 2.61 bits per heavy atom. The summed E-state index contributed by atoms with van der Waals surface area (Å²) >= 11 is 0. The van der Waals surface area contributed by atoms with E-state index in [1.54, 1.807) is 16.7 Å². The summed E-state index contributed by atoms with van der Waals surface area (Å²) in [5.41, 5.74) is 2.53. The van der Waals surface area contributed by atoms with Crippen LogP contribution in [-0.2, 0) is 24.5 Å². The van der Waals surface area contributed by atoms with Gasteiger partial charge in [0.15, 0.2) is 5.82 Å². The molecule has 1 aliphatic carbocycles. The third-order valence-corrected chi connectivity index (χ3v) is 5.78. The van der Waals surface area contributed by atoms with Crippen molar-refractivity contribution in [2.24, 2.45) is 0 Å². The van der Waals surface area contributed by atoms with Crippen LogP contribution in [0.5, 0.6) is 0 Å². The smallest absolute Gasteiger partial charge is 0.350 e. The van der Waals surface area contributed by atoms with Crippen molar-refractivity contribution in [2.45, 2.75) is 45.4 Å². The van der Waals surface area contributed by atoms with E-state index in [0.29, 0.717) is 36.0 Å². The third-order valence-electron chi connectivity index (χ3n) is 5.78. The van der Waals surface area contributed by atoms with E-state index in [2.05, 4.69) is 10.1 Å². The van der Waals surface area contributed by atoms with Crippen LogP contribution in [-0.4, -0.2) is 19.3 Å². The van der Waals surface area contributed by atoms with Gasteiger partial charge in [0.25, 0.3) is 5.56 Å². The Balaban J connectivity index is 1.49. The molecule has 0 aliphatic heterocycles. The molecule has 0 spiro atoms. The number of aromatic amines is 1. The zero-order valence-corrected chi connectivity index (χ0v) is 17.4. The molecule has 0 radical (unpaired) electrons. The number of nitrogens with zero attached hydrogens (tertiary/aromatic N) is 3. The van der Waals surface area contributed by atoms with Crippen molar-refractivity contribution in [2.75, 3.05) is 0 Å². The van der Waals surface area contributed by atoms with Crippen molar-refractivity contribution in [3.63, 3.8) is 0 Å². The predicted octanol–water partition coefficient (Wildman–Crippen LogP) is 3.49. The highest BCUT2D eigenvalue weighted by molar-refractivity contribution is 5.87. The molecule has 2 aromatic heterocycles. The van der Waals surface area contributed by atoms with Crippen LogP contribution in [0.25, 0.3) is 16.5 Å². The van der Waals surface area contributed by atoms with Crippen LogP contribution in [0.1, 0.15) is 42.6 Å². The van der Waals surface area contributed by atoms with Gasteiger partial charge in [0.05, 0.1) is 12.3 Å². The zero-order chi connectivity index (χ0) is 21.4. The van der Waals surface area contributed by atoms with E-state index in [-0.39, 0.29) is 17.9 Å². The maximum absolute atomic E-state index is 13.0. The normalized spacial score (nSPS) is 13.7. The molecule has 2 aromatic carbocycles. The molecule has 7 heteroatoms. The van der Waals surface area contributed by atoms with Gasteiger partial charge in [0, 0.05) is 18.1 Å². The van der Waals surface area contributed by atoms with Crippen LogP contribution >= 0.6 is 0 Å². The number of ether oxygens (including phenoxy) is 1. The number of H-pyrrole nitrogens is 1. The molecule has 0 saturated heterocycles. The highest BCUT2D eigenvalue weighted by Gasteiger charge is 2.26. The SMILES string of the molecule is CCn1c(COCc2ccccc2)nn(-c2ccc3c(=O)[nH]cc(C4CC4)c3c2)c1=O. The summed E-state index contributed by atoms with van der Waals surface area (Å²) < 4.78 is 8.84. The van der Waals surface area contributed by atoms with E-state index in [9.17, 15) is 9.59 Å². The van der Waals surface area contributed by atoms with Crippen LogP contribution in [0.2, 0.25) is 0 Å². The summed E-state index contributed by atoms with van der Waals surface area (Å²) in [7, 11) is 0. The number of benzene rings is 2. The quantitative estimate of drug-likeness (QED) is 0.500. The molecule has 31 heavy (non-hydrogen) atoms. The number of rotatable bonds is 7. The Labute approximate surface area is 178 Å². The second kappa shape index (κ2) is 8.00. The van der Waals surface area contributed by atoms with E-state index >= 15 is 0 Å². The van der Waals surface area contributed by atoms with Gasteiger partial charge in [-0.05, 0) is 60.4 Å². The van der Waals surface area contributed by atoms with Crippen LogP contribution in [0.15, 0.2) is 64.3 Å². The van der Waals surface area contributed by atoms with Gasteiger partial charge >= 0.3 is 5.69 Å². The molecule has 1 saturated carbocycles. The number of hydrogen-bond acceptors (Lipinski definition) is 4. The molecule has 158 valence electrons. The summed E-state index contributed by atoms with van der Waals surface area (Å²) in [6.45, 7) is 3.11. The molecular weight excluding hydrogens is 392 g/mol. The number of nitrogens with one attached hydrogen (secondary N) is 1. The minimum absolute atomic E-state index is 0.118. The van der Waals surface area contributed by atoms with E-state index in [0.717, 1.165) is 29.4 Å². The summed E-state index contributed by atoms with van der Waals surface area (Å²) in [5.74, 6) is 1.05. The Morgan fingerprint density at radius 1 is 1.06 bits per heavy atom. The third kappa shape index (κ3) is 3.72. The molecule has 7 nitrogen and oxygen atoms in total. The van der Waals surface area contributed by atoms with E-state index in [4.69, 9.17) is 4.74 Å². The number of fused-ring (bicyclic) bond motifs is 1. The largest absolute Gasteiger partial charge is 0.369 e. The minimum atomic E-state index is -0.210. The molecule has 4 aromatic rings. The van der Waals surface area contributed by atoms with Crippen molar-refractivity contribution in [1.82, 2.24) is 19.3 Å². The van der Waals surface area contributed by atoms with Crippen LogP contribution in [0, 0.1) is 0 Å². The van der Waals surface area contributed by atoms with E-state index in [1.807, 2.05) is 49.5 Å². The molecule has 0 amide bonds. The lowest BCUT2D eigenvalue weighted by molar-refractivity contribution is 0.0989. The summed E-state index contributed by atoms with van der Waals surface area (Å²) in [6.07, 6.45) is 4.06. The van der Waals surface area contributed by atoms with Gasteiger partial charge in [-0.1, -0.05) is 30.3 Å². The minimum Gasteiger partial charge on any atom is -0.369 e. The van der Waals surface area contributed by atoms with Crippen molar-refractivity contribution in [3.05, 3.63) is 92.5 Å². The van der Waals surface area contributed by atoms with Crippen LogP contribution < -0.4 is 11.2 Å². The second-order valence-electron chi connectivity index (χ2n) is 7.91. The van der Waals surface area contributed by atoms with Gasteiger partial charge < -0.3 is 9.72 Å². The average Bonchev–Trinajstić information content (AvgIpc) is 3.58. The lowest BCUT2D eigenvalue weighted by Gasteiger charge is -2.07. The maximum Gasteiger partial charge on any atom is 0.350 e. The van der Waals surface area contributed by atoms with E-state index < -0.39 is 0 Å². The van der Waals surface area contributed by atoms with Crippen molar-refractivity contribution in [3.8, 4) is 5.69 Å². The highest BCUT2D eigenvalue weighted by Crippen LogP contribution is 2.42. The number of hydrogen-bond donors (Lipinski definition) is 1. The highest BCUT2D eigenvalue weighted by atomic mass is 16.5. The van der Waals surface area contributed by atoms with Gasteiger partial charge in [-0.3, -0.25) is 9.36 Å². The Hall–Kier alpha value is -3.45. The van der Waals surface area contributed by atoms with Gasteiger partial charge in [-0.25, -0.2) is 4.79 Å². The van der Waals surface area contributed by atoms with Gasteiger partial charge in [0.1, 0.15) is 6.61 Å². The first-order chi connectivity index (χ1) is 15.2. The second-order valence-corrected chi connectivity index (χ2v) is 7.91. The number of aromatic nitrogens is 4. The maximum atomic E-state index is 13.0. The molecule has 0 atom stereocenters. The van der Waals surface area contributed by atoms with Gasteiger partial charge in [-0.15, -0.1) is 5.10 Å². The molecule has 2 heterocycles. The first kappa shape index (κ1) is 19.5. The molecule has 1 aliphatic rings. The van der Waals surface area contributed by atoms with Crippen molar-refractivity contribution in [1.29, 1.82) is 0 Å². The molecule has 1 fully saturated rings. The number of pyridine rings is 1. The summed E-state index contributed by atoms with van der Waals surface area (Å²) in [4.78, 5) is 28.1. The summed E-state index contributed by atoms with van der Waals surface area (Å²) in [6, 6.07) is 15.4. The fourth-order valence-electron chi connectivity index (χ4n) is 4.00. The molecule has 1 N–H and O–H groups in total. The molecule has 5 rings (SSSR count). The lowest BCUT2D eigenvalue weighted by Crippen LogP contribution is -2.24. The monoisotopic (exact) mass is 416 g/mol. The fraction of sp³-hybridized carbons (Fsp3) is 0.292. The first-order valence-electron chi connectivity index (χ1n) is 10.6. The Morgan fingerprint density at radius 2 is 1.87 bits per heavy atom. The van der Waals surface area contributed by atoms with Crippen LogP contribution in [0.4, 0.5) is 0 Å². The van der Waals surface area contributed by atoms with Crippen molar-refractivity contribution >= 4 is 10.8 Å². The zero-order valence-electron chi connectivity index (χ0n) is 17.4. The molecule has 0 bridgehead atoms. The Bertz CT molecular complexity index is 1350. The Kier molecular flexibility index (Phi) is 5.03. The topological polar surface area (TPSA) is 81.9 Å². The van der Waals surface area contributed by atoms with Crippen LogP contribution in [0.3, 0.4) is 0 Å². The molecular formula is C24H24N4O3. The van der Waals surface area contributed by atoms with Gasteiger partial charge in [-0.2, -0.15) is 4.68 Å². The lowest BCUT2D eigenvalue weighted by atomic mass is 10.0. The summed E-state index contributed by atoms with van der Waals surface area (Å²) in [5, 5.41) is 6.09. The fourth-order valence-corrected chi connectivity index (χ4v) is 4.00. The standard InChI is InChI=1S/C24H24N4O3/c1-2-27-22(15-31-14-16-6-4-3-5-7-16)26-28(24(27)30)18-10-11-19-20(12-18)21(17-8-9-17)13-25-23(19)29/h3-7,10-13,17H,2,8-9,14-15H2,1H3,(H,25,29). The molecule has 0 unspecified atom stereocenters. The van der Waals surface area contributed by atoms with Crippen molar-refractivity contribution < 1.29 is 4.74 Å². The predicted molar refractivity (Wildman–Crippen MR) is 119 cm³/mol. The average molecular weight is 416 g/mol. The van der Waals surface area contributed by atoms with E-state index in [1.165, 1.54) is 4.68 Å².